The topological polar surface area (TPSA) is 65.8 Å². The van der Waals surface area contributed by atoms with Crippen LogP contribution in [0.25, 0.3) is 11.1 Å². The number of nitrogens with zero attached hydrogens (tertiary/aromatic N) is 3. The van der Waals surface area contributed by atoms with E-state index in [1.165, 1.54) is 0 Å². The van der Waals surface area contributed by atoms with Crippen molar-refractivity contribution in [3.05, 3.63) is 36.7 Å². The average molecular weight is 453 g/mol. The largest absolute Gasteiger partial charge is 0.494 e. The molecule has 1 aromatic heterocycles. The van der Waals surface area contributed by atoms with Crippen molar-refractivity contribution in [1.82, 2.24) is 14.7 Å². The van der Waals surface area contributed by atoms with Gasteiger partial charge in [-0.3, -0.25) is 4.68 Å². The van der Waals surface area contributed by atoms with Gasteiger partial charge in [0.2, 0.25) is 0 Å². The van der Waals surface area contributed by atoms with Gasteiger partial charge in [-0.15, -0.1) is 0 Å². The van der Waals surface area contributed by atoms with Gasteiger partial charge in [0, 0.05) is 24.8 Å². The fraction of sp³-hybridized carbons (Fsp3) is 0.600. The molecule has 2 aromatic rings. The SMILES string of the molecule is CC(C)(C)OC(=O)N1CCC(n2cc(-c3cccc(B4OC(C)(C)C(C)(C)O4)c3)cn2)CC1. The molecule has 0 radical (unpaired) electrons. The highest BCUT2D eigenvalue weighted by molar-refractivity contribution is 6.62. The maximum atomic E-state index is 12.3. The Bertz CT molecular complexity index is 987. The van der Waals surface area contributed by atoms with Crippen molar-refractivity contribution in [3.8, 4) is 11.1 Å². The van der Waals surface area contributed by atoms with Crippen LogP contribution in [-0.4, -0.2) is 57.8 Å². The molecule has 0 atom stereocenters. The molecular formula is C25H36BN3O4. The van der Waals surface area contributed by atoms with Crippen LogP contribution < -0.4 is 5.46 Å². The van der Waals surface area contributed by atoms with Crippen molar-refractivity contribution in [3.63, 3.8) is 0 Å². The van der Waals surface area contributed by atoms with Crippen molar-refractivity contribution in [2.75, 3.05) is 13.1 Å². The number of carbonyl (C=O) groups is 1. The molecule has 2 aliphatic rings. The van der Waals surface area contributed by atoms with Crippen LogP contribution in [0.3, 0.4) is 0 Å². The Morgan fingerprint density at radius 3 is 2.33 bits per heavy atom. The lowest BCUT2D eigenvalue weighted by Gasteiger charge is -2.33. The highest BCUT2D eigenvalue weighted by atomic mass is 16.7. The number of ether oxygens (including phenoxy) is 1. The molecule has 0 saturated carbocycles. The molecule has 33 heavy (non-hydrogen) atoms. The second-order valence-corrected chi connectivity index (χ2v) is 11.1. The first kappa shape index (κ1) is 23.8. The Labute approximate surface area is 197 Å². The van der Waals surface area contributed by atoms with E-state index in [1.807, 2.05) is 43.8 Å². The summed E-state index contributed by atoms with van der Waals surface area (Å²) in [5.74, 6) is 0. The first-order chi connectivity index (χ1) is 15.3. The third kappa shape index (κ3) is 5.12. The number of aromatic nitrogens is 2. The van der Waals surface area contributed by atoms with Crippen LogP contribution in [-0.2, 0) is 14.0 Å². The molecule has 8 heteroatoms. The Balaban J connectivity index is 1.42. The van der Waals surface area contributed by atoms with E-state index in [0.29, 0.717) is 13.1 Å². The van der Waals surface area contributed by atoms with Crippen LogP contribution in [0.15, 0.2) is 36.7 Å². The van der Waals surface area contributed by atoms with E-state index >= 15 is 0 Å². The Morgan fingerprint density at radius 1 is 1.09 bits per heavy atom. The van der Waals surface area contributed by atoms with E-state index in [9.17, 15) is 4.79 Å². The van der Waals surface area contributed by atoms with Crippen molar-refractivity contribution in [1.29, 1.82) is 0 Å². The molecule has 1 aromatic carbocycles. The van der Waals surface area contributed by atoms with Gasteiger partial charge < -0.3 is 18.9 Å². The third-order valence-corrected chi connectivity index (χ3v) is 6.84. The highest BCUT2D eigenvalue weighted by Gasteiger charge is 2.51. The molecule has 0 bridgehead atoms. The molecule has 178 valence electrons. The van der Waals surface area contributed by atoms with E-state index < -0.39 is 5.60 Å². The zero-order valence-corrected chi connectivity index (χ0v) is 20.9. The van der Waals surface area contributed by atoms with E-state index in [0.717, 1.165) is 29.4 Å². The van der Waals surface area contributed by atoms with Gasteiger partial charge in [-0.2, -0.15) is 5.10 Å². The smallest absolute Gasteiger partial charge is 0.444 e. The van der Waals surface area contributed by atoms with Crippen LogP contribution in [0, 0.1) is 0 Å². The number of rotatable bonds is 3. The normalized spacial score (nSPS) is 20.8. The maximum absolute atomic E-state index is 12.3. The molecule has 1 amide bonds. The lowest BCUT2D eigenvalue weighted by molar-refractivity contribution is 0.00578. The van der Waals surface area contributed by atoms with E-state index in [1.54, 1.807) is 4.90 Å². The molecule has 3 heterocycles. The summed E-state index contributed by atoms with van der Waals surface area (Å²) in [6, 6.07) is 8.55. The van der Waals surface area contributed by atoms with Crippen molar-refractivity contribution >= 4 is 18.7 Å². The summed E-state index contributed by atoms with van der Waals surface area (Å²) in [7, 11) is -0.387. The Hall–Kier alpha value is -2.32. The number of amides is 1. The molecule has 0 N–H and O–H groups in total. The van der Waals surface area contributed by atoms with Gasteiger partial charge >= 0.3 is 13.2 Å². The minimum Gasteiger partial charge on any atom is -0.444 e. The Morgan fingerprint density at radius 2 is 1.73 bits per heavy atom. The summed E-state index contributed by atoms with van der Waals surface area (Å²) in [5, 5.41) is 4.64. The number of benzene rings is 1. The van der Waals surface area contributed by atoms with E-state index in [-0.39, 0.29) is 30.5 Å². The number of carbonyl (C=O) groups excluding carboxylic acids is 1. The predicted molar refractivity (Wildman–Crippen MR) is 129 cm³/mol. The zero-order chi connectivity index (χ0) is 24.0. The van der Waals surface area contributed by atoms with Gasteiger partial charge in [0.15, 0.2) is 0 Å². The number of hydrogen-bond donors (Lipinski definition) is 0. The summed E-state index contributed by atoms with van der Waals surface area (Å²) in [6.07, 6.45) is 5.48. The van der Waals surface area contributed by atoms with Gasteiger partial charge in [-0.05, 0) is 72.3 Å². The zero-order valence-electron chi connectivity index (χ0n) is 20.9. The lowest BCUT2D eigenvalue weighted by atomic mass is 9.78. The summed E-state index contributed by atoms with van der Waals surface area (Å²) in [6.45, 7) is 15.3. The molecule has 0 unspecified atom stereocenters. The summed E-state index contributed by atoms with van der Waals surface area (Å²) in [5.41, 5.74) is 1.94. The number of hydrogen-bond acceptors (Lipinski definition) is 5. The van der Waals surface area contributed by atoms with Crippen LogP contribution in [0.2, 0.25) is 0 Å². The predicted octanol–water partition coefficient (Wildman–Crippen LogP) is 4.42. The van der Waals surface area contributed by atoms with Crippen LogP contribution in [0.1, 0.15) is 67.3 Å². The third-order valence-electron chi connectivity index (χ3n) is 6.84. The quantitative estimate of drug-likeness (QED) is 0.644. The van der Waals surface area contributed by atoms with Gasteiger partial charge in [0.25, 0.3) is 0 Å². The maximum Gasteiger partial charge on any atom is 0.494 e. The highest BCUT2D eigenvalue weighted by Crippen LogP contribution is 2.36. The molecule has 4 rings (SSSR count). The number of likely N-dealkylation sites (tertiary alicyclic amines) is 1. The van der Waals surface area contributed by atoms with E-state index in [4.69, 9.17) is 14.0 Å². The van der Waals surface area contributed by atoms with Gasteiger partial charge in [0.05, 0.1) is 23.4 Å². The van der Waals surface area contributed by atoms with Gasteiger partial charge in [-0.25, -0.2) is 4.79 Å². The minimum atomic E-state index is -0.473. The minimum absolute atomic E-state index is 0.235. The lowest BCUT2D eigenvalue weighted by Crippen LogP contribution is -2.42. The Kier molecular flexibility index (Phi) is 6.12. The molecule has 2 aliphatic heterocycles. The summed E-state index contributed by atoms with van der Waals surface area (Å²) >= 11 is 0. The number of piperidine rings is 1. The van der Waals surface area contributed by atoms with E-state index in [2.05, 4.69) is 51.1 Å². The standard InChI is InChI=1S/C25H36BN3O4/c1-23(2,3)31-22(30)28-13-11-21(12-14-28)29-17-19(16-27-29)18-9-8-10-20(15-18)26-32-24(4,5)25(6,7)33-26/h8-10,15-17,21H,11-14H2,1-7H3. The first-order valence-corrected chi connectivity index (χ1v) is 11.8. The van der Waals surface area contributed by atoms with Gasteiger partial charge in [-0.1, -0.05) is 24.3 Å². The fourth-order valence-electron chi connectivity index (χ4n) is 4.17. The van der Waals surface area contributed by atoms with Crippen molar-refractivity contribution < 1.29 is 18.8 Å². The fourth-order valence-corrected chi connectivity index (χ4v) is 4.17. The molecule has 7 nitrogen and oxygen atoms in total. The van der Waals surface area contributed by atoms with Crippen molar-refractivity contribution in [2.45, 2.75) is 84.2 Å². The molecule has 0 spiro atoms. The molecular weight excluding hydrogens is 417 g/mol. The summed E-state index contributed by atoms with van der Waals surface area (Å²) in [4.78, 5) is 14.1. The molecule has 2 saturated heterocycles. The monoisotopic (exact) mass is 453 g/mol. The second kappa shape index (κ2) is 8.47. The molecule has 2 fully saturated rings. The van der Waals surface area contributed by atoms with Crippen LogP contribution in [0.5, 0.6) is 0 Å². The first-order valence-electron chi connectivity index (χ1n) is 11.8. The average Bonchev–Trinajstić information content (AvgIpc) is 3.30. The second-order valence-electron chi connectivity index (χ2n) is 11.1. The van der Waals surface area contributed by atoms with Crippen LogP contribution in [0.4, 0.5) is 4.79 Å². The molecule has 0 aliphatic carbocycles. The van der Waals surface area contributed by atoms with Gasteiger partial charge in [0.1, 0.15) is 5.60 Å². The summed E-state index contributed by atoms with van der Waals surface area (Å²) < 4.78 is 20.0. The van der Waals surface area contributed by atoms with Crippen molar-refractivity contribution in [2.24, 2.45) is 0 Å². The van der Waals surface area contributed by atoms with Crippen LogP contribution >= 0.6 is 0 Å².